The molecule has 0 saturated carbocycles. The van der Waals surface area contributed by atoms with Gasteiger partial charge in [0.05, 0.1) is 48.6 Å². The normalized spacial score (nSPS) is 16.0. The summed E-state index contributed by atoms with van der Waals surface area (Å²) in [7, 11) is 4.16. The number of nitrogens with two attached hydrogens (primary N) is 1. The highest BCUT2D eigenvalue weighted by molar-refractivity contribution is 9.10. The maximum Gasteiger partial charge on any atom is 0.355 e. The van der Waals surface area contributed by atoms with E-state index in [0.717, 1.165) is 5.39 Å². The summed E-state index contributed by atoms with van der Waals surface area (Å²) in [5.41, 5.74) is 8.15. The Morgan fingerprint density at radius 1 is 1.09 bits per heavy atom. The number of nitrogens with zero attached hydrogens (tertiary/aromatic N) is 4. The minimum absolute atomic E-state index is 0.00534. The summed E-state index contributed by atoms with van der Waals surface area (Å²) < 4.78 is 12.3. The molecule has 2 heterocycles. The second-order valence-corrected chi connectivity index (χ2v) is 8.17. The van der Waals surface area contributed by atoms with Crippen molar-refractivity contribution >= 4 is 44.5 Å². The van der Waals surface area contributed by atoms with Gasteiger partial charge in [-0.25, -0.2) is 9.59 Å². The van der Waals surface area contributed by atoms with Crippen molar-refractivity contribution in [2.75, 3.05) is 19.1 Å². The summed E-state index contributed by atoms with van der Waals surface area (Å²) in [5, 5.41) is 15.3. The second-order valence-electron chi connectivity index (χ2n) is 7.42. The number of ether oxygens (including phenoxy) is 2. The van der Waals surface area contributed by atoms with E-state index in [-0.39, 0.29) is 22.7 Å². The zero-order valence-corrected chi connectivity index (χ0v) is 20.2. The number of para-hydroxylation sites is 1. The van der Waals surface area contributed by atoms with Gasteiger partial charge in [-0.3, -0.25) is 9.58 Å². The number of hydrogen-bond donors (Lipinski definition) is 1. The van der Waals surface area contributed by atoms with Crippen LogP contribution in [-0.2, 0) is 26.1 Å². The third kappa shape index (κ3) is 3.50. The molecule has 1 atom stereocenters. The van der Waals surface area contributed by atoms with Gasteiger partial charge in [0.15, 0.2) is 0 Å². The van der Waals surface area contributed by atoms with Gasteiger partial charge in [-0.2, -0.15) is 10.4 Å². The highest BCUT2D eigenvalue weighted by Crippen LogP contribution is 2.45. The number of fused-ring (bicyclic) bond motifs is 1. The molecule has 2 aromatic carbocycles. The molecular weight excluding hydrogens is 502 g/mol. The predicted molar refractivity (Wildman–Crippen MR) is 128 cm³/mol. The van der Waals surface area contributed by atoms with E-state index in [9.17, 15) is 14.9 Å². The Balaban J connectivity index is 2.14. The van der Waals surface area contributed by atoms with Gasteiger partial charge in [0.2, 0.25) is 0 Å². The summed E-state index contributed by atoms with van der Waals surface area (Å²) in [4.78, 5) is 27.7. The van der Waals surface area contributed by atoms with Crippen LogP contribution in [0.15, 0.2) is 75.8 Å². The van der Waals surface area contributed by atoms with E-state index < -0.39 is 17.9 Å². The standard InChI is InChI=1S/C24H20BrN5O4/c1-29-19-14(21(25)28-29)10-7-11-16(19)30-20(24(32)34-3)18(23(31)33-2)17(15(12-26)22(30)27)13-8-5-4-6-9-13/h4-11,17H,27H2,1-3H3. The van der Waals surface area contributed by atoms with Gasteiger partial charge in [0.25, 0.3) is 0 Å². The molecule has 0 fully saturated rings. The lowest BCUT2D eigenvalue weighted by Gasteiger charge is -2.36. The Hall–Kier alpha value is -4.10. The monoisotopic (exact) mass is 521 g/mol. The molecule has 3 aromatic rings. The van der Waals surface area contributed by atoms with Crippen LogP contribution in [0.3, 0.4) is 0 Å². The molecule has 2 N–H and O–H groups in total. The van der Waals surface area contributed by atoms with Crippen molar-refractivity contribution in [3.8, 4) is 6.07 Å². The molecule has 10 heteroatoms. The summed E-state index contributed by atoms with van der Waals surface area (Å²) in [6.45, 7) is 0. The number of esters is 2. The Morgan fingerprint density at radius 3 is 2.38 bits per heavy atom. The number of hydrogen-bond acceptors (Lipinski definition) is 8. The van der Waals surface area contributed by atoms with Crippen LogP contribution >= 0.6 is 15.9 Å². The van der Waals surface area contributed by atoms with Gasteiger partial charge in [-0.15, -0.1) is 0 Å². The number of aromatic nitrogens is 2. The molecule has 34 heavy (non-hydrogen) atoms. The molecule has 1 unspecified atom stereocenters. The molecule has 0 aliphatic carbocycles. The largest absolute Gasteiger partial charge is 0.466 e. The molecule has 1 aromatic heterocycles. The van der Waals surface area contributed by atoms with E-state index in [4.69, 9.17) is 15.2 Å². The Morgan fingerprint density at radius 2 is 1.76 bits per heavy atom. The molecule has 0 spiro atoms. The van der Waals surface area contributed by atoms with Crippen LogP contribution < -0.4 is 10.6 Å². The highest BCUT2D eigenvalue weighted by Gasteiger charge is 2.43. The first kappa shape index (κ1) is 23.1. The van der Waals surface area contributed by atoms with Crippen molar-refractivity contribution in [1.82, 2.24) is 9.78 Å². The molecule has 9 nitrogen and oxygen atoms in total. The lowest BCUT2D eigenvalue weighted by atomic mass is 9.81. The van der Waals surface area contributed by atoms with E-state index in [1.54, 1.807) is 48.1 Å². The van der Waals surface area contributed by atoms with Crippen LogP contribution in [0.5, 0.6) is 0 Å². The zero-order valence-electron chi connectivity index (χ0n) is 18.6. The van der Waals surface area contributed by atoms with Gasteiger partial charge >= 0.3 is 11.9 Å². The third-order valence-electron chi connectivity index (χ3n) is 5.65. The Kier molecular flexibility index (Phi) is 6.13. The first-order valence-electron chi connectivity index (χ1n) is 10.1. The number of nitriles is 1. The van der Waals surface area contributed by atoms with Gasteiger partial charge in [0.1, 0.15) is 16.1 Å². The summed E-state index contributed by atoms with van der Waals surface area (Å²) >= 11 is 3.44. The molecule has 0 radical (unpaired) electrons. The maximum absolute atomic E-state index is 13.2. The SMILES string of the molecule is COC(=O)C1=C(C(=O)OC)N(c2cccc3c(Br)nn(C)c23)C(N)=C(C#N)C1c1ccccc1. The second kappa shape index (κ2) is 9.03. The van der Waals surface area contributed by atoms with Gasteiger partial charge < -0.3 is 15.2 Å². The molecule has 0 amide bonds. The van der Waals surface area contributed by atoms with Gasteiger partial charge in [-0.1, -0.05) is 36.4 Å². The van der Waals surface area contributed by atoms with E-state index in [1.165, 1.54) is 19.1 Å². The Labute approximate surface area is 203 Å². The van der Waals surface area contributed by atoms with Crippen LogP contribution in [0.25, 0.3) is 10.9 Å². The van der Waals surface area contributed by atoms with Crippen molar-refractivity contribution in [1.29, 1.82) is 5.26 Å². The molecular formula is C24H20BrN5O4. The van der Waals surface area contributed by atoms with Crippen molar-refractivity contribution < 1.29 is 19.1 Å². The van der Waals surface area contributed by atoms with Crippen LogP contribution in [0.1, 0.15) is 11.5 Å². The minimum Gasteiger partial charge on any atom is -0.466 e. The number of carbonyl (C=O) groups is 2. The minimum atomic E-state index is -0.929. The fourth-order valence-corrected chi connectivity index (χ4v) is 4.78. The molecule has 1 aliphatic rings. The lowest BCUT2D eigenvalue weighted by molar-refractivity contribution is -0.139. The third-order valence-corrected chi connectivity index (χ3v) is 6.24. The smallest absolute Gasteiger partial charge is 0.355 e. The van der Waals surface area contributed by atoms with E-state index in [2.05, 4.69) is 27.1 Å². The topological polar surface area (TPSA) is 123 Å². The van der Waals surface area contributed by atoms with Gasteiger partial charge in [0, 0.05) is 12.4 Å². The molecule has 1 aliphatic heterocycles. The van der Waals surface area contributed by atoms with E-state index >= 15 is 0 Å². The predicted octanol–water partition coefficient (Wildman–Crippen LogP) is 3.23. The summed E-state index contributed by atoms with van der Waals surface area (Å²) in [5.74, 6) is -2.52. The van der Waals surface area contributed by atoms with E-state index in [1.807, 2.05) is 12.1 Å². The first-order valence-corrected chi connectivity index (χ1v) is 10.9. The van der Waals surface area contributed by atoms with Crippen LogP contribution in [0.4, 0.5) is 5.69 Å². The van der Waals surface area contributed by atoms with Crippen molar-refractivity contribution in [3.63, 3.8) is 0 Å². The summed E-state index contributed by atoms with van der Waals surface area (Å²) in [6.07, 6.45) is 0. The average molecular weight is 522 g/mol. The maximum atomic E-state index is 13.2. The summed E-state index contributed by atoms with van der Waals surface area (Å²) in [6, 6.07) is 16.3. The number of allylic oxidation sites excluding steroid dienone is 1. The van der Waals surface area contributed by atoms with Crippen molar-refractivity contribution in [2.24, 2.45) is 12.8 Å². The van der Waals surface area contributed by atoms with Crippen LogP contribution in [0.2, 0.25) is 0 Å². The van der Waals surface area contributed by atoms with Gasteiger partial charge in [-0.05, 0) is 33.6 Å². The molecule has 172 valence electrons. The zero-order chi connectivity index (χ0) is 24.6. The fourth-order valence-electron chi connectivity index (χ4n) is 4.22. The lowest BCUT2D eigenvalue weighted by Crippen LogP contribution is -2.41. The average Bonchev–Trinajstić information content (AvgIpc) is 3.16. The number of halogens is 1. The molecule has 4 rings (SSSR count). The first-order chi connectivity index (χ1) is 16.3. The number of aryl methyl sites for hydroxylation is 1. The fraction of sp³-hybridized carbons (Fsp3) is 0.167. The number of anilines is 1. The van der Waals surface area contributed by atoms with Crippen LogP contribution in [-0.4, -0.2) is 35.9 Å². The number of rotatable bonds is 4. The molecule has 0 bridgehead atoms. The Bertz CT molecular complexity index is 1420. The van der Waals surface area contributed by atoms with E-state index in [0.29, 0.717) is 21.4 Å². The number of benzene rings is 2. The molecule has 0 saturated heterocycles. The number of carbonyl (C=O) groups excluding carboxylic acids is 2. The highest BCUT2D eigenvalue weighted by atomic mass is 79.9. The van der Waals surface area contributed by atoms with Crippen LogP contribution in [0, 0.1) is 11.3 Å². The van der Waals surface area contributed by atoms with Crippen molar-refractivity contribution in [3.05, 3.63) is 81.4 Å². The number of methoxy groups -OCH3 is 2. The van der Waals surface area contributed by atoms with Crippen molar-refractivity contribution in [2.45, 2.75) is 5.92 Å². The quantitative estimate of drug-likeness (QED) is 0.519.